The maximum absolute atomic E-state index is 5.79. The van der Waals surface area contributed by atoms with Crippen LogP contribution in [0.15, 0.2) is 24.3 Å². The summed E-state index contributed by atoms with van der Waals surface area (Å²) in [7, 11) is 0. The van der Waals surface area contributed by atoms with Crippen molar-refractivity contribution in [3.05, 3.63) is 35.9 Å². The highest BCUT2D eigenvalue weighted by molar-refractivity contribution is 6.47. The summed E-state index contributed by atoms with van der Waals surface area (Å²) >= 11 is 11.6. The number of hydrogen-bond donors (Lipinski definition) is 0. The summed E-state index contributed by atoms with van der Waals surface area (Å²) in [5.74, 6) is 0. The van der Waals surface area contributed by atoms with Gasteiger partial charge < -0.3 is 0 Å². The van der Waals surface area contributed by atoms with Gasteiger partial charge in [0.25, 0.3) is 0 Å². The van der Waals surface area contributed by atoms with Crippen molar-refractivity contribution in [3.63, 3.8) is 0 Å². The lowest BCUT2D eigenvalue weighted by Crippen LogP contribution is -2.02. The van der Waals surface area contributed by atoms with E-state index in [1.54, 1.807) is 13.0 Å². The summed E-state index contributed by atoms with van der Waals surface area (Å²) in [5, 5.41) is 0. The molecule has 0 amide bonds. The van der Waals surface area contributed by atoms with E-state index >= 15 is 0 Å². The summed E-state index contributed by atoms with van der Waals surface area (Å²) in [6.45, 7) is 1.72. The molecular formula is C8H7Cl2. The Bertz CT molecular complexity index is 198. The van der Waals surface area contributed by atoms with Gasteiger partial charge in [0.15, 0.2) is 0 Å². The Morgan fingerprint density at radius 2 is 2.10 bits per heavy atom. The lowest BCUT2D eigenvalue weighted by atomic mass is 10.2. The molecule has 0 bridgehead atoms. The molecule has 0 nitrogen and oxygen atoms in total. The molecule has 0 aliphatic carbocycles. The molecule has 10 heavy (non-hydrogen) atoms. The highest BCUT2D eigenvalue weighted by Crippen LogP contribution is 2.31. The molecule has 1 aromatic rings. The van der Waals surface area contributed by atoms with Crippen LogP contribution in [-0.4, -0.2) is 0 Å². The second kappa shape index (κ2) is 2.81. The Morgan fingerprint density at radius 1 is 1.40 bits per heavy atom. The molecule has 0 saturated heterocycles. The number of benzene rings is 1. The zero-order valence-electron chi connectivity index (χ0n) is 5.57. The molecule has 1 aromatic carbocycles. The molecule has 2 heteroatoms. The van der Waals surface area contributed by atoms with E-state index in [1.165, 1.54) is 0 Å². The van der Waals surface area contributed by atoms with E-state index < -0.39 is 4.33 Å². The lowest BCUT2D eigenvalue weighted by molar-refractivity contribution is 0.974. The van der Waals surface area contributed by atoms with Crippen molar-refractivity contribution in [1.82, 2.24) is 0 Å². The predicted octanol–water partition coefficient (Wildman–Crippen LogP) is 3.14. The summed E-state index contributed by atoms with van der Waals surface area (Å²) in [6, 6.07) is 10.3. The molecule has 0 aromatic heterocycles. The third-order valence-electron chi connectivity index (χ3n) is 1.18. The lowest BCUT2D eigenvalue weighted by Gasteiger charge is -2.11. The first-order valence-electron chi connectivity index (χ1n) is 2.96. The van der Waals surface area contributed by atoms with Crippen molar-refractivity contribution >= 4 is 23.2 Å². The largest absolute Gasteiger partial charge is 0.141 e. The van der Waals surface area contributed by atoms with E-state index in [0.29, 0.717) is 0 Å². The van der Waals surface area contributed by atoms with E-state index in [9.17, 15) is 0 Å². The topological polar surface area (TPSA) is 0 Å². The van der Waals surface area contributed by atoms with Crippen molar-refractivity contribution in [2.45, 2.75) is 11.3 Å². The van der Waals surface area contributed by atoms with Crippen molar-refractivity contribution in [1.29, 1.82) is 0 Å². The van der Waals surface area contributed by atoms with Crippen LogP contribution in [-0.2, 0) is 4.33 Å². The number of rotatable bonds is 1. The van der Waals surface area contributed by atoms with E-state index in [2.05, 4.69) is 6.07 Å². The molecule has 53 valence electrons. The van der Waals surface area contributed by atoms with Crippen LogP contribution in [0.5, 0.6) is 0 Å². The van der Waals surface area contributed by atoms with Crippen LogP contribution in [0, 0.1) is 6.07 Å². The second-order valence-corrected chi connectivity index (χ2v) is 3.87. The average molecular weight is 174 g/mol. The summed E-state index contributed by atoms with van der Waals surface area (Å²) < 4.78 is -0.818. The van der Waals surface area contributed by atoms with Crippen LogP contribution < -0.4 is 0 Å². The minimum absolute atomic E-state index is 0.804. The van der Waals surface area contributed by atoms with Gasteiger partial charge in [-0.05, 0) is 18.6 Å². The minimum atomic E-state index is -0.818. The molecule has 1 radical (unpaired) electrons. The zero-order valence-corrected chi connectivity index (χ0v) is 7.08. The molecule has 1 rings (SSSR count). The molecule has 0 spiro atoms. The summed E-state index contributed by atoms with van der Waals surface area (Å²) in [4.78, 5) is 0. The summed E-state index contributed by atoms with van der Waals surface area (Å²) in [6.07, 6.45) is 0. The van der Waals surface area contributed by atoms with Gasteiger partial charge in [0.05, 0.1) is 0 Å². The van der Waals surface area contributed by atoms with E-state index in [-0.39, 0.29) is 0 Å². The molecule has 0 aliphatic heterocycles. The Hall–Kier alpha value is -0.200. The molecule has 0 aliphatic rings. The van der Waals surface area contributed by atoms with Crippen LogP contribution in [0.4, 0.5) is 0 Å². The average Bonchev–Trinajstić information content (AvgIpc) is 1.88. The van der Waals surface area contributed by atoms with E-state index in [4.69, 9.17) is 23.2 Å². The van der Waals surface area contributed by atoms with Crippen molar-refractivity contribution in [2.75, 3.05) is 0 Å². The maximum atomic E-state index is 5.79. The summed E-state index contributed by atoms with van der Waals surface area (Å²) in [5.41, 5.74) is 0.804. The monoisotopic (exact) mass is 173 g/mol. The van der Waals surface area contributed by atoms with Gasteiger partial charge in [-0.25, -0.2) is 0 Å². The van der Waals surface area contributed by atoms with E-state index in [0.717, 1.165) is 5.56 Å². The molecule has 0 N–H and O–H groups in total. The fraction of sp³-hybridized carbons (Fsp3) is 0.250. The first-order chi connectivity index (χ1) is 4.61. The predicted molar refractivity (Wildman–Crippen MR) is 44.3 cm³/mol. The van der Waals surface area contributed by atoms with Crippen LogP contribution in [0.3, 0.4) is 0 Å². The third kappa shape index (κ3) is 1.89. The number of halogens is 2. The van der Waals surface area contributed by atoms with Crippen molar-refractivity contribution in [2.24, 2.45) is 0 Å². The highest BCUT2D eigenvalue weighted by atomic mass is 35.5. The van der Waals surface area contributed by atoms with Crippen LogP contribution in [0.1, 0.15) is 12.5 Å². The van der Waals surface area contributed by atoms with Gasteiger partial charge >= 0.3 is 0 Å². The van der Waals surface area contributed by atoms with Gasteiger partial charge in [-0.1, -0.05) is 47.5 Å². The normalized spacial score (nSPS) is 11.5. The number of alkyl halides is 2. The van der Waals surface area contributed by atoms with Gasteiger partial charge in [-0.2, -0.15) is 0 Å². The quantitative estimate of drug-likeness (QED) is 0.573. The minimum Gasteiger partial charge on any atom is -0.0966 e. The van der Waals surface area contributed by atoms with Crippen molar-refractivity contribution in [3.8, 4) is 0 Å². The SMILES string of the molecule is CC(Cl)(Cl)c1[c]cccc1. The van der Waals surface area contributed by atoms with Crippen LogP contribution >= 0.6 is 23.2 Å². The van der Waals surface area contributed by atoms with Gasteiger partial charge in [0, 0.05) is 0 Å². The number of hydrogen-bond acceptors (Lipinski definition) is 0. The smallest absolute Gasteiger partial charge is 0.0966 e. The van der Waals surface area contributed by atoms with Crippen LogP contribution in [0.25, 0.3) is 0 Å². The fourth-order valence-electron chi connectivity index (χ4n) is 0.666. The molecule has 0 heterocycles. The Morgan fingerprint density at radius 3 is 2.40 bits per heavy atom. The zero-order chi connectivity index (χ0) is 7.61. The Kier molecular flexibility index (Phi) is 2.22. The first-order valence-corrected chi connectivity index (χ1v) is 3.71. The molecule has 0 atom stereocenters. The van der Waals surface area contributed by atoms with Gasteiger partial charge in [-0.15, -0.1) is 0 Å². The third-order valence-corrected chi connectivity index (χ3v) is 1.59. The molecular weight excluding hydrogens is 167 g/mol. The maximum Gasteiger partial charge on any atom is 0.141 e. The molecule has 0 unspecified atom stereocenters. The first kappa shape index (κ1) is 7.90. The fourth-order valence-corrected chi connectivity index (χ4v) is 0.901. The Balaban J connectivity index is 2.97. The Labute approximate surface area is 70.8 Å². The second-order valence-electron chi connectivity index (χ2n) is 2.16. The van der Waals surface area contributed by atoms with Crippen LogP contribution in [0.2, 0.25) is 0 Å². The molecule has 0 fully saturated rings. The van der Waals surface area contributed by atoms with Crippen molar-refractivity contribution < 1.29 is 0 Å². The highest BCUT2D eigenvalue weighted by Gasteiger charge is 2.18. The van der Waals surface area contributed by atoms with Gasteiger partial charge in [-0.3, -0.25) is 0 Å². The van der Waals surface area contributed by atoms with Gasteiger partial charge in [0.1, 0.15) is 4.33 Å². The standard InChI is InChI=1S/C8H7Cl2/c1-8(9,10)7-5-3-2-4-6-7/h2-5H,1H3. The van der Waals surface area contributed by atoms with Gasteiger partial charge in [0.2, 0.25) is 0 Å². The molecule has 0 saturated carbocycles. The van der Waals surface area contributed by atoms with E-state index in [1.807, 2.05) is 18.2 Å².